The lowest BCUT2D eigenvalue weighted by Gasteiger charge is -2.26. The first-order chi connectivity index (χ1) is 8.79. The van der Waals surface area contributed by atoms with Gasteiger partial charge in [0.1, 0.15) is 5.82 Å². The number of hydrazine groups is 1. The number of rotatable bonds is 5. The van der Waals surface area contributed by atoms with Crippen molar-refractivity contribution in [3.63, 3.8) is 0 Å². The van der Waals surface area contributed by atoms with Gasteiger partial charge in [-0.05, 0) is 6.92 Å². The van der Waals surface area contributed by atoms with Gasteiger partial charge in [0.2, 0.25) is 5.95 Å². The van der Waals surface area contributed by atoms with Gasteiger partial charge in [0, 0.05) is 49.4 Å². The Bertz CT molecular complexity index is 380. The second-order valence-electron chi connectivity index (χ2n) is 4.25. The van der Waals surface area contributed by atoms with E-state index in [2.05, 4.69) is 25.6 Å². The summed E-state index contributed by atoms with van der Waals surface area (Å²) in [5, 5.41) is 3.34. The highest BCUT2D eigenvalue weighted by molar-refractivity contribution is 7.99. The van der Waals surface area contributed by atoms with Crippen LogP contribution in [-0.4, -0.2) is 52.6 Å². The molecule has 0 radical (unpaired) electrons. The Hall–Kier alpha value is -1.05. The van der Waals surface area contributed by atoms with Crippen LogP contribution in [0, 0.1) is 6.92 Å². The number of aryl methyl sites for hydroxylation is 1. The molecule has 2 rings (SSSR count). The topological polar surface area (TPSA) is 79.1 Å². The number of nitrogens with two attached hydrogens (primary N) is 1. The van der Waals surface area contributed by atoms with E-state index in [0.717, 1.165) is 24.5 Å². The van der Waals surface area contributed by atoms with Crippen LogP contribution in [0.3, 0.4) is 0 Å². The normalized spacial score (nSPS) is 16.6. The maximum atomic E-state index is 5.30. The molecule has 1 fully saturated rings. The van der Waals surface area contributed by atoms with Crippen molar-refractivity contribution < 1.29 is 0 Å². The largest absolute Gasteiger partial charge is 0.368 e. The number of hydrogen-bond donors (Lipinski definition) is 3. The predicted molar refractivity (Wildman–Crippen MR) is 76.8 cm³/mol. The predicted octanol–water partition coefficient (Wildman–Crippen LogP) is 0.531. The van der Waals surface area contributed by atoms with Crippen molar-refractivity contribution in [1.29, 1.82) is 0 Å². The molecule has 2 heterocycles. The Labute approximate surface area is 112 Å². The summed E-state index contributed by atoms with van der Waals surface area (Å²) in [7, 11) is 0. The molecule has 1 aliphatic rings. The van der Waals surface area contributed by atoms with Gasteiger partial charge in [0.05, 0.1) is 0 Å². The second-order valence-corrected chi connectivity index (χ2v) is 5.48. The van der Waals surface area contributed by atoms with E-state index in [1.807, 2.05) is 18.7 Å². The average Bonchev–Trinajstić information content (AvgIpc) is 2.42. The summed E-state index contributed by atoms with van der Waals surface area (Å²) in [6.45, 7) is 6.30. The van der Waals surface area contributed by atoms with Gasteiger partial charge in [-0.3, -0.25) is 10.3 Å². The summed E-state index contributed by atoms with van der Waals surface area (Å²) >= 11 is 2.03. The average molecular weight is 268 g/mol. The van der Waals surface area contributed by atoms with Gasteiger partial charge >= 0.3 is 0 Å². The SMILES string of the molecule is Cc1cnc(NN)nc1NCCN1CCSCC1. The summed E-state index contributed by atoms with van der Waals surface area (Å²) in [5.74, 6) is 9.08. The fourth-order valence-electron chi connectivity index (χ4n) is 1.85. The zero-order chi connectivity index (χ0) is 12.8. The van der Waals surface area contributed by atoms with Crippen LogP contribution in [0.2, 0.25) is 0 Å². The Morgan fingerprint density at radius 3 is 2.94 bits per heavy atom. The molecular weight excluding hydrogens is 248 g/mol. The van der Waals surface area contributed by atoms with Crippen LogP contribution in [0.4, 0.5) is 11.8 Å². The molecule has 0 bridgehead atoms. The number of nitrogens with one attached hydrogen (secondary N) is 2. The molecule has 1 saturated heterocycles. The second kappa shape index (κ2) is 6.77. The van der Waals surface area contributed by atoms with E-state index >= 15 is 0 Å². The van der Waals surface area contributed by atoms with E-state index in [-0.39, 0.29) is 0 Å². The van der Waals surface area contributed by atoms with Gasteiger partial charge in [-0.15, -0.1) is 0 Å². The number of thioether (sulfide) groups is 1. The standard InChI is InChI=1S/C11H20N6S/c1-9-8-14-11(16-12)15-10(9)13-2-3-17-4-6-18-7-5-17/h8H,2-7,12H2,1H3,(H2,13,14,15,16). The Kier molecular flexibility index (Phi) is 5.03. The first kappa shape index (κ1) is 13.4. The smallest absolute Gasteiger partial charge is 0.239 e. The highest BCUT2D eigenvalue weighted by Crippen LogP contribution is 2.12. The van der Waals surface area contributed by atoms with Crippen LogP contribution in [0.5, 0.6) is 0 Å². The van der Waals surface area contributed by atoms with Gasteiger partial charge < -0.3 is 5.32 Å². The minimum absolute atomic E-state index is 0.442. The fraction of sp³-hybridized carbons (Fsp3) is 0.636. The van der Waals surface area contributed by atoms with E-state index in [1.54, 1.807) is 6.20 Å². The van der Waals surface area contributed by atoms with Crippen LogP contribution in [0.25, 0.3) is 0 Å². The van der Waals surface area contributed by atoms with E-state index in [0.29, 0.717) is 5.95 Å². The fourth-order valence-corrected chi connectivity index (χ4v) is 2.83. The highest BCUT2D eigenvalue weighted by atomic mass is 32.2. The third-order valence-electron chi connectivity index (χ3n) is 2.92. The molecule has 0 aromatic carbocycles. The third-order valence-corrected chi connectivity index (χ3v) is 3.87. The molecule has 1 aromatic heterocycles. The minimum atomic E-state index is 0.442. The summed E-state index contributed by atoms with van der Waals surface area (Å²) in [4.78, 5) is 10.8. The number of nitrogens with zero attached hydrogens (tertiary/aromatic N) is 3. The molecule has 0 unspecified atom stereocenters. The monoisotopic (exact) mass is 268 g/mol. The van der Waals surface area contributed by atoms with Crippen LogP contribution in [-0.2, 0) is 0 Å². The molecule has 1 aliphatic heterocycles. The van der Waals surface area contributed by atoms with Crippen LogP contribution >= 0.6 is 11.8 Å². The number of nitrogen functional groups attached to an aromatic ring is 1. The molecular formula is C11H20N6S. The molecule has 0 aliphatic carbocycles. The third kappa shape index (κ3) is 3.72. The van der Waals surface area contributed by atoms with Crippen molar-refractivity contribution in [3.05, 3.63) is 11.8 Å². The van der Waals surface area contributed by atoms with Crippen molar-refractivity contribution in [2.75, 3.05) is 48.4 Å². The lowest BCUT2D eigenvalue weighted by atomic mass is 10.3. The van der Waals surface area contributed by atoms with Gasteiger partial charge in [-0.25, -0.2) is 10.8 Å². The van der Waals surface area contributed by atoms with Crippen LogP contribution in [0.15, 0.2) is 6.20 Å². The van der Waals surface area contributed by atoms with Gasteiger partial charge in [0.25, 0.3) is 0 Å². The molecule has 1 aromatic rings. The Morgan fingerprint density at radius 1 is 1.44 bits per heavy atom. The molecule has 0 saturated carbocycles. The zero-order valence-electron chi connectivity index (χ0n) is 10.6. The van der Waals surface area contributed by atoms with Crippen molar-refractivity contribution in [1.82, 2.24) is 14.9 Å². The minimum Gasteiger partial charge on any atom is -0.368 e. The zero-order valence-corrected chi connectivity index (χ0v) is 11.5. The molecule has 0 atom stereocenters. The number of anilines is 2. The van der Waals surface area contributed by atoms with Crippen molar-refractivity contribution >= 4 is 23.5 Å². The highest BCUT2D eigenvalue weighted by Gasteiger charge is 2.10. The van der Waals surface area contributed by atoms with Crippen LogP contribution in [0.1, 0.15) is 5.56 Å². The van der Waals surface area contributed by atoms with Crippen molar-refractivity contribution in [3.8, 4) is 0 Å². The molecule has 4 N–H and O–H groups in total. The Morgan fingerprint density at radius 2 is 2.22 bits per heavy atom. The van der Waals surface area contributed by atoms with Crippen molar-refractivity contribution in [2.45, 2.75) is 6.92 Å². The molecule has 6 nitrogen and oxygen atoms in total. The van der Waals surface area contributed by atoms with Gasteiger partial charge in [-0.1, -0.05) is 0 Å². The molecule has 18 heavy (non-hydrogen) atoms. The molecule has 0 amide bonds. The summed E-state index contributed by atoms with van der Waals surface area (Å²) < 4.78 is 0. The maximum Gasteiger partial charge on any atom is 0.239 e. The molecule has 0 spiro atoms. The maximum absolute atomic E-state index is 5.30. The summed E-state index contributed by atoms with van der Waals surface area (Å²) in [6.07, 6.45) is 1.77. The molecule has 7 heteroatoms. The molecule has 100 valence electrons. The van der Waals surface area contributed by atoms with E-state index in [1.165, 1.54) is 24.6 Å². The van der Waals surface area contributed by atoms with E-state index in [9.17, 15) is 0 Å². The van der Waals surface area contributed by atoms with E-state index in [4.69, 9.17) is 5.84 Å². The number of aromatic nitrogens is 2. The number of hydrogen-bond acceptors (Lipinski definition) is 7. The van der Waals surface area contributed by atoms with Crippen molar-refractivity contribution in [2.24, 2.45) is 5.84 Å². The quantitative estimate of drug-likeness (QED) is 0.531. The summed E-state index contributed by atoms with van der Waals surface area (Å²) in [5.41, 5.74) is 3.49. The first-order valence-corrected chi connectivity index (χ1v) is 7.29. The van der Waals surface area contributed by atoms with Gasteiger partial charge in [-0.2, -0.15) is 16.7 Å². The van der Waals surface area contributed by atoms with E-state index < -0.39 is 0 Å². The Balaban J connectivity index is 1.81. The summed E-state index contributed by atoms with van der Waals surface area (Å²) in [6, 6.07) is 0. The lowest BCUT2D eigenvalue weighted by Crippen LogP contribution is -2.36. The van der Waals surface area contributed by atoms with Crippen LogP contribution < -0.4 is 16.6 Å². The van der Waals surface area contributed by atoms with Gasteiger partial charge in [0.15, 0.2) is 0 Å². The lowest BCUT2D eigenvalue weighted by molar-refractivity contribution is 0.314. The first-order valence-electron chi connectivity index (χ1n) is 6.14.